The van der Waals surface area contributed by atoms with Crippen molar-refractivity contribution in [3.05, 3.63) is 24.3 Å². The van der Waals surface area contributed by atoms with Gasteiger partial charge >= 0.3 is 0 Å². The minimum Gasteiger partial charge on any atom is -0.394 e. The number of aromatic nitrogens is 2. The second kappa shape index (κ2) is 7.72. The van der Waals surface area contributed by atoms with Crippen LogP contribution in [0.2, 0.25) is 0 Å². The second-order valence-corrected chi connectivity index (χ2v) is 3.07. The van der Waals surface area contributed by atoms with Crippen molar-refractivity contribution >= 4 is 5.91 Å². The Morgan fingerprint density at radius 1 is 1.38 bits per heavy atom. The molecular weight excluding hydrogens is 210 g/mol. The predicted molar refractivity (Wildman–Crippen MR) is 56.9 cm³/mol. The van der Waals surface area contributed by atoms with Gasteiger partial charge in [0.1, 0.15) is 6.33 Å². The van der Waals surface area contributed by atoms with Gasteiger partial charge in [0.25, 0.3) is 5.91 Å². The first-order valence-corrected chi connectivity index (χ1v) is 5.06. The summed E-state index contributed by atoms with van der Waals surface area (Å²) >= 11 is 0. The van der Waals surface area contributed by atoms with Gasteiger partial charge < -0.3 is 15.2 Å². The van der Waals surface area contributed by atoms with Crippen molar-refractivity contribution in [2.24, 2.45) is 0 Å². The molecule has 0 saturated heterocycles. The van der Waals surface area contributed by atoms with Crippen LogP contribution in [0.15, 0.2) is 18.7 Å². The van der Waals surface area contributed by atoms with Crippen LogP contribution in [0.5, 0.6) is 0 Å². The van der Waals surface area contributed by atoms with Gasteiger partial charge in [-0.15, -0.1) is 0 Å². The molecule has 0 spiro atoms. The monoisotopic (exact) mass is 225 g/mol. The van der Waals surface area contributed by atoms with Crippen LogP contribution in [0, 0.1) is 0 Å². The van der Waals surface area contributed by atoms with Crippen molar-refractivity contribution < 1.29 is 14.6 Å². The average Bonchev–Trinajstić information content (AvgIpc) is 2.34. The Labute approximate surface area is 93.7 Å². The summed E-state index contributed by atoms with van der Waals surface area (Å²) in [5.74, 6) is -0.192. The maximum Gasteiger partial charge on any atom is 0.254 e. The molecule has 1 heterocycles. The summed E-state index contributed by atoms with van der Waals surface area (Å²) in [7, 11) is 0. The Morgan fingerprint density at radius 3 is 2.81 bits per heavy atom. The van der Waals surface area contributed by atoms with Gasteiger partial charge in [0.15, 0.2) is 0 Å². The SMILES string of the molecule is O=C(NCCCOCCO)c1cncnc1. The normalized spacial score (nSPS) is 10.1. The number of aliphatic hydroxyl groups excluding tert-OH is 1. The number of carbonyl (C=O) groups excluding carboxylic acids is 1. The van der Waals surface area contributed by atoms with Crippen molar-refractivity contribution in [2.75, 3.05) is 26.4 Å². The molecule has 6 heteroatoms. The minimum atomic E-state index is -0.192. The molecule has 1 rings (SSSR count). The third-order valence-electron chi connectivity index (χ3n) is 1.81. The van der Waals surface area contributed by atoms with Crippen molar-refractivity contribution in [1.29, 1.82) is 0 Å². The lowest BCUT2D eigenvalue weighted by Gasteiger charge is -2.04. The predicted octanol–water partition coefficient (Wildman–Crippen LogP) is -0.395. The van der Waals surface area contributed by atoms with Crippen LogP contribution in [0.4, 0.5) is 0 Å². The molecule has 0 aromatic carbocycles. The molecule has 0 saturated carbocycles. The first-order valence-electron chi connectivity index (χ1n) is 5.06. The lowest BCUT2D eigenvalue weighted by molar-refractivity contribution is 0.0867. The quantitative estimate of drug-likeness (QED) is 0.617. The number of hydrogen-bond donors (Lipinski definition) is 2. The molecule has 0 bridgehead atoms. The highest BCUT2D eigenvalue weighted by Gasteiger charge is 2.03. The molecule has 0 aliphatic heterocycles. The minimum absolute atomic E-state index is 0.0215. The molecule has 16 heavy (non-hydrogen) atoms. The fourth-order valence-corrected chi connectivity index (χ4v) is 1.06. The maximum absolute atomic E-state index is 11.5. The molecule has 0 atom stereocenters. The molecule has 2 N–H and O–H groups in total. The summed E-state index contributed by atoms with van der Waals surface area (Å²) in [6, 6.07) is 0. The second-order valence-electron chi connectivity index (χ2n) is 3.07. The van der Waals surface area contributed by atoms with Crippen molar-refractivity contribution in [1.82, 2.24) is 15.3 Å². The van der Waals surface area contributed by atoms with Crippen LogP contribution >= 0.6 is 0 Å². The summed E-state index contributed by atoms with van der Waals surface area (Å²) in [6.45, 7) is 1.40. The van der Waals surface area contributed by atoms with E-state index in [1.807, 2.05) is 0 Å². The molecule has 0 radical (unpaired) electrons. The lowest BCUT2D eigenvalue weighted by atomic mass is 10.3. The Morgan fingerprint density at radius 2 is 2.12 bits per heavy atom. The number of ether oxygens (including phenoxy) is 1. The summed E-state index contributed by atoms with van der Waals surface area (Å²) in [6.07, 6.45) is 5.01. The third kappa shape index (κ3) is 4.81. The number of nitrogens with zero attached hydrogens (tertiary/aromatic N) is 2. The summed E-state index contributed by atoms with van der Waals surface area (Å²) in [5.41, 5.74) is 0.443. The van der Waals surface area contributed by atoms with Gasteiger partial charge in [-0.1, -0.05) is 0 Å². The van der Waals surface area contributed by atoms with Crippen molar-refractivity contribution in [3.63, 3.8) is 0 Å². The van der Waals surface area contributed by atoms with E-state index in [0.29, 0.717) is 31.7 Å². The van der Waals surface area contributed by atoms with E-state index < -0.39 is 0 Å². The Bertz CT molecular complexity index is 305. The zero-order valence-electron chi connectivity index (χ0n) is 8.93. The summed E-state index contributed by atoms with van der Waals surface area (Å²) in [5, 5.41) is 11.2. The summed E-state index contributed by atoms with van der Waals surface area (Å²) in [4.78, 5) is 19.0. The zero-order chi connectivity index (χ0) is 11.6. The van der Waals surface area contributed by atoms with Gasteiger partial charge in [-0.3, -0.25) is 4.79 Å². The Hall–Kier alpha value is -1.53. The van der Waals surface area contributed by atoms with E-state index in [1.54, 1.807) is 0 Å². The first-order chi connectivity index (χ1) is 7.84. The standard InChI is InChI=1S/C10H15N3O3/c14-3-5-16-4-1-2-13-10(15)9-6-11-8-12-7-9/h6-8,14H,1-5H2,(H,13,15). The molecule has 0 unspecified atom stereocenters. The highest BCUT2D eigenvalue weighted by atomic mass is 16.5. The van der Waals surface area contributed by atoms with Gasteiger partial charge in [0.05, 0.1) is 18.8 Å². The highest BCUT2D eigenvalue weighted by Crippen LogP contribution is 1.92. The number of amides is 1. The lowest BCUT2D eigenvalue weighted by Crippen LogP contribution is -2.25. The van der Waals surface area contributed by atoms with Crippen LogP contribution < -0.4 is 5.32 Å². The van der Waals surface area contributed by atoms with E-state index in [9.17, 15) is 4.79 Å². The number of nitrogens with one attached hydrogen (secondary N) is 1. The number of carbonyl (C=O) groups is 1. The Kier molecular flexibility index (Phi) is 6.05. The van der Waals surface area contributed by atoms with Gasteiger partial charge in [-0.25, -0.2) is 9.97 Å². The molecule has 1 aromatic rings. The largest absolute Gasteiger partial charge is 0.394 e. The fraction of sp³-hybridized carbons (Fsp3) is 0.500. The topological polar surface area (TPSA) is 84.3 Å². The van der Waals surface area contributed by atoms with Crippen LogP contribution in [0.3, 0.4) is 0 Å². The van der Waals surface area contributed by atoms with E-state index in [0.717, 1.165) is 0 Å². The smallest absolute Gasteiger partial charge is 0.254 e. The van der Waals surface area contributed by atoms with E-state index >= 15 is 0 Å². The molecule has 0 aliphatic carbocycles. The van der Waals surface area contributed by atoms with Gasteiger partial charge in [0.2, 0.25) is 0 Å². The molecule has 88 valence electrons. The van der Waals surface area contributed by atoms with E-state index in [2.05, 4.69) is 15.3 Å². The Balaban J connectivity index is 2.12. The summed E-state index contributed by atoms with van der Waals surface area (Å²) < 4.78 is 5.04. The van der Waals surface area contributed by atoms with Crippen LogP contribution in [-0.2, 0) is 4.74 Å². The zero-order valence-corrected chi connectivity index (χ0v) is 8.93. The molecule has 1 aromatic heterocycles. The van der Waals surface area contributed by atoms with Gasteiger partial charge in [-0.05, 0) is 6.42 Å². The number of hydrogen-bond acceptors (Lipinski definition) is 5. The molecular formula is C10H15N3O3. The van der Waals surface area contributed by atoms with E-state index in [1.165, 1.54) is 18.7 Å². The fourth-order valence-electron chi connectivity index (χ4n) is 1.06. The highest BCUT2D eigenvalue weighted by molar-refractivity contribution is 5.93. The molecule has 0 aliphatic rings. The average molecular weight is 225 g/mol. The van der Waals surface area contributed by atoms with E-state index in [4.69, 9.17) is 9.84 Å². The number of rotatable bonds is 7. The van der Waals surface area contributed by atoms with Crippen LogP contribution in [0.25, 0.3) is 0 Å². The van der Waals surface area contributed by atoms with Crippen molar-refractivity contribution in [2.45, 2.75) is 6.42 Å². The van der Waals surface area contributed by atoms with Crippen LogP contribution in [-0.4, -0.2) is 47.3 Å². The maximum atomic E-state index is 11.5. The van der Waals surface area contributed by atoms with Crippen molar-refractivity contribution in [3.8, 4) is 0 Å². The molecule has 6 nitrogen and oxygen atoms in total. The third-order valence-corrected chi connectivity index (χ3v) is 1.81. The molecule has 0 fully saturated rings. The number of aliphatic hydroxyl groups is 1. The van der Waals surface area contributed by atoms with Gasteiger partial charge in [-0.2, -0.15) is 0 Å². The van der Waals surface area contributed by atoms with Gasteiger partial charge in [0, 0.05) is 25.5 Å². The van der Waals surface area contributed by atoms with E-state index in [-0.39, 0.29) is 12.5 Å². The van der Waals surface area contributed by atoms with Crippen LogP contribution in [0.1, 0.15) is 16.8 Å². The molecule has 1 amide bonds. The first kappa shape index (κ1) is 12.5.